The number of likely N-dealkylation sites (tertiary alicyclic amines) is 1. The molecule has 4 nitrogen and oxygen atoms in total. The van der Waals surface area contributed by atoms with Gasteiger partial charge in [-0.15, -0.1) is 0 Å². The Labute approximate surface area is 160 Å². The Morgan fingerprint density at radius 2 is 1.85 bits per heavy atom. The van der Waals surface area contributed by atoms with Crippen LogP contribution in [0.15, 0.2) is 42.6 Å². The number of hydrogen-bond donors (Lipinski definition) is 0. The fourth-order valence-corrected chi connectivity index (χ4v) is 4.04. The molecule has 4 rings (SSSR count). The zero-order valence-electron chi connectivity index (χ0n) is 16.1. The number of piperidine rings is 1. The van der Waals surface area contributed by atoms with Crippen molar-refractivity contribution in [3.05, 3.63) is 59.8 Å². The second-order valence-electron chi connectivity index (χ2n) is 7.86. The zero-order valence-corrected chi connectivity index (χ0v) is 16.1. The maximum Gasteiger partial charge on any atom is 0.177 e. The van der Waals surface area contributed by atoms with Crippen molar-refractivity contribution in [2.24, 2.45) is 5.92 Å². The summed E-state index contributed by atoms with van der Waals surface area (Å²) in [6, 6.07) is 11.4. The van der Waals surface area contributed by atoms with Crippen molar-refractivity contribution in [2.75, 3.05) is 13.1 Å². The molecule has 1 fully saturated rings. The predicted octanol–water partition coefficient (Wildman–Crippen LogP) is 4.28. The van der Waals surface area contributed by atoms with Crippen molar-refractivity contribution >= 4 is 11.2 Å². The smallest absolute Gasteiger partial charge is 0.177 e. The fourth-order valence-electron chi connectivity index (χ4n) is 4.04. The van der Waals surface area contributed by atoms with E-state index >= 15 is 0 Å². The monoisotopic (exact) mass is 366 g/mol. The van der Waals surface area contributed by atoms with Crippen LogP contribution in [0.2, 0.25) is 0 Å². The van der Waals surface area contributed by atoms with Gasteiger partial charge >= 0.3 is 0 Å². The maximum atomic E-state index is 13.3. The number of pyridine rings is 1. The molecule has 3 heterocycles. The summed E-state index contributed by atoms with van der Waals surface area (Å²) < 4.78 is 15.5. The first-order valence-corrected chi connectivity index (χ1v) is 9.89. The minimum atomic E-state index is -0.201. The van der Waals surface area contributed by atoms with E-state index in [1.54, 1.807) is 6.20 Å². The minimum Gasteiger partial charge on any atom is -0.322 e. The van der Waals surface area contributed by atoms with Crippen LogP contribution in [0.1, 0.15) is 38.1 Å². The molecule has 1 aromatic carbocycles. The lowest BCUT2D eigenvalue weighted by Gasteiger charge is -2.34. The number of halogens is 1. The van der Waals surface area contributed by atoms with Crippen LogP contribution in [0, 0.1) is 11.7 Å². The number of fused-ring (bicyclic) bond motifs is 1. The molecular weight excluding hydrogens is 339 g/mol. The molecule has 0 bridgehead atoms. The Hall–Kier alpha value is -2.27. The predicted molar refractivity (Wildman–Crippen MR) is 106 cm³/mol. The van der Waals surface area contributed by atoms with Crippen LogP contribution in [0.3, 0.4) is 0 Å². The van der Waals surface area contributed by atoms with Crippen LogP contribution in [0.25, 0.3) is 11.2 Å². The average Bonchev–Trinajstić information content (AvgIpc) is 3.01. The fraction of sp³-hybridized carbons (Fsp3) is 0.455. The van der Waals surface area contributed by atoms with Gasteiger partial charge in [-0.1, -0.05) is 12.1 Å². The summed E-state index contributed by atoms with van der Waals surface area (Å²) in [4.78, 5) is 11.8. The lowest BCUT2D eigenvalue weighted by molar-refractivity contribution is 0.148. The first-order chi connectivity index (χ1) is 13.1. The molecule has 1 aliphatic rings. The molecule has 0 unspecified atom stereocenters. The summed E-state index contributed by atoms with van der Waals surface area (Å²) >= 11 is 0. The molecule has 0 amide bonds. The Bertz CT molecular complexity index is 892. The van der Waals surface area contributed by atoms with Gasteiger partial charge in [-0.2, -0.15) is 0 Å². The number of imidazole rings is 1. The zero-order chi connectivity index (χ0) is 18.8. The third-order valence-electron chi connectivity index (χ3n) is 5.71. The first-order valence-electron chi connectivity index (χ1n) is 9.89. The highest BCUT2D eigenvalue weighted by molar-refractivity contribution is 5.71. The van der Waals surface area contributed by atoms with Gasteiger partial charge in [-0.3, -0.25) is 0 Å². The van der Waals surface area contributed by atoms with E-state index in [1.807, 2.05) is 18.2 Å². The van der Waals surface area contributed by atoms with Crippen LogP contribution in [0.5, 0.6) is 0 Å². The third-order valence-corrected chi connectivity index (χ3v) is 5.71. The lowest BCUT2D eigenvalue weighted by atomic mass is 9.92. The highest BCUT2D eigenvalue weighted by atomic mass is 19.1. The van der Waals surface area contributed by atoms with E-state index in [4.69, 9.17) is 4.98 Å². The Balaban J connectivity index is 1.57. The van der Waals surface area contributed by atoms with Crippen LogP contribution >= 0.6 is 0 Å². The van der Waals surface area contributed by atoms with Crippen LogP contribution in [-0.4, -0.2) is 38.6 Å². The van der Waals surface area contributed by atoms with E-state index < -0.39 is 0 Å². The van der Waals surface area contributed by atoms with Crippen molar-refractivity contribution in [1.82, 2.24) is 19.4 Å². The summed E-state index contributed by atoms with van der Waals surface area (Å²) in [5, 5.41) is 0. The van der Waals surface area contributed by atoms with E-state index in [9.17, 15) is 4.39 Å². The highest BCUT2D eigenvalue weighted by Crippen LogP contribution is 2.25. The van der Waals surface area contributed by atoms with Gasteiger partial charge in [0.15, 0.2) is 5.65 Å². The van der Waals surface area contributed by atoms with E-state index in [0.29, 0.717) is 18.5 Å². The van der Waals surface area contributed by atoms with Crippen LogP contribution < -0.4 is 0 Å². The van der Waals surface area contributed by atoms with Gasteiger partial charge in [0, 0.05) is 25.2 Å². The molecule has 0 spiro atoms. The maximum absolute atomic E-state index is 13.3. The molecule has 0 N–H and O–H groups in total. The quantitative estimate of drug-likeness (QED) is 0.676. The topological polar surface area (TPSA) is 34.0 Å². The molecule has 1 aliphatic heterocycles. The number of rotatable bonds is 5. The SMILES string of the molecule is CC(C)N1CCC(Cc2nc3ncccc3n2Cc2ccc(F)cc2)CC1. The average molecular weight is 366 g/mol. The van der Waals surface area contributed by atoms with Gasteiger partial charge in [0.1, 0.15) is 11.6 Å². The van der Waals surface area contributed by atoms with E-state index in [1.165, 1.54) is 38.1 Å². The van der Waals surface area contributed by atoms with Crippen LogP contribution in [-0.2, 0) is 13.0 Å². The molecule has 2 aromatic heterocycles. The van der Waals surface area contributed by atoms with E-state index in [0.717, 1.165) is 29.0 Å². The second-order valence-corrected chi connectivity index (χ2v) is 7.86. The summed E-state index contributed by atoms with van der Waals surface area (Å²) in [5.74, 6) is 1.55. The van der Waals surface area contributed by atoms with Crippen LogP contribution in [0.4, 0.5) is 4.39 Å². The van der Waals surface area contributed by atoms with Gasteiger partial charge in [0.25, 0.3) is 0 Å². The van der Waals surface area contributed by atoms with Crippen molar-refractivity contribution in [2.45, 2.75) is 45.7 Å². The van der Waals surface area contributed by atoms with Crippen molar-refractivity contribution in [3.8, 4) is 0 Å². The van der Waals surface area contributed by atoms with Gasteiger partial charge in [-0.05, 0) is 75.5 Å². The van der Waals surface area contributed by atoms with Crippen molar-refractivity contribution in [1.29, 1.82) is 0 Å². The number of aromatic nitrogens is 3. The molecule has 142 valence electrons. The van der Waals surface area contributed by atoms with E-state index in [2.05, 4.69) is 34.4 Å². The lowest BCUT2D eigenvalue weighted by Crippen LogP contribution is -2.39. The molecule has 0 aliphatic carbocycles. The number of hydrogen-bond acceptors (Lipinski definition) is 3. The molecule has 0 radical (unpaired) electrons. The molecule has 5 heteroatoms. The summed E-state index contributed by atoms with van der Waals surface area (Å²) in [5.41, 5.74) is 2.93. The first kappa shape index (κ1) is 18.1. The largest absolute Gasteiger partial charge is 0.322 e. The standard InChI is InChI=1S/C22H27FN4/c1-16(2)26-12-9-17(10-13-26)14-21-25-22-20(4-3-11-24-22)27(21)15-18-5-7-19(23)8-6-18/h3-8,11,16-17H,9-10,12-15H2,1-2H3. The Morgan fingerprint density at radius 3 is 2.56 bits per heavy atom. The number of nitrogens with zero attached hydrogens (tertiary/aromatic N) is 4. The third kappa shape index (κ3) is 4.03. The van der Waals surface area contributed by atoms with Gasteiger partial charge < -0.3 is 9.47 Å². The second kappa shape index (κ2) is 7.77. The Morgan fingerprint density at radius 1 is 1.11 bits per heavy atom. The van der Waals surface area contributed by atoms with Gasteiger partial charge in [0.2, 0.25) is 0 Å². The normalized spacial score (nSPS) is 16.4. The van der Waals surface area contributed by atoms with Gasteiger partial charge in [0.05, 0.1) is 5.52 Å². The molecule has 27 heavy (non-hydrogen) atoms. The molecule has 3 aromatic rings. The molecule has 0 atom stereocenters. The molecule has 0 saturated carbocycles. The number of benzene rings is 1. The summed E-state index contributed by atoms with van der Waals surface area (Å²) in [7, 11) is 0. The minimum absolute atomic E-state index is 0.201. The highest BCUT2D eigenvalue weighted by Gasteiger charge is 2.23. The van der Waals surface area contributed by atoms with E-state index in [-0.39, 0.29) is 5.82 Å². The summed E-state index contributed by atoms with van der Waals surface area (Å²) in [6.07, 6.45) is 5.20. The van der Waals surface area contributed by atoms with Crippen molar-refractivity contribution < 1.29 is 4.39 Å². The summed E-state index contributed by atoms with van der Waals surface area (Å²) in [6.45, 7) is 7.57. The molecular formula is C22H27FN4. The van der Waals surface area contributed by atoms with Gasteiger partial charge in [-0.25, -0.2) is 14.4 Å². The Kier molecular flexibility index (Phi) is 5.21. The molecule has 1 saturated heterocycles. The van der Waals surface area contributed by atoms with Crippen molar-refractivity contribution in [3.63, 3.8) is 0 Å².